The average Bonchev–Trinajstić information content (AvgIpc) is 3.56. The van der Waals surface area contributed by atoms with E-state index in [9.17, 15) is 18.0 Å². The van der Waals surface area contributed by atoms with E-state index < -0.39 is 21.8 Å². The first-order valence-electron chi connectivity index (χ1n) is 10.3. The Bertz CT molecular complexity index is 1250. The lowest BCUT2D eigenvalue weighted by Crippen LogP contribution is -2.41. The summed E-state index contributed by atoms with van der Waals surface area (Å²) in [6.45, 7) is 1.01. The largest absolute Gasteiger partial charge is 0.497 e. The SMILES string of the molecule is COc1ccc(-n2ccc(C(=O)NNC(=O)c3ccc(S(=O)(=O)N4CCCC4)cc3)n2)cc1. The Balaban J connectivity index is 1.35. The fourth-order valence-corrected chi connectivity index (χ4v) is 4.95. The maximum Gasteiger partial charge on any atom is 0.290 e. The summed E-state index contributed by atoms with van der Waals surface area (Å²) in [7, 11) is -1.98. The van der Waals surface area contributed by atoms with Crippen LogP contribution in [0.4, 0.5) is 0 Å². The lowest BCUT2D eigenvalue weighted by molar-refractivity contribution is 0.0843. The minimum absolute atomic E-state index is 0.109. The quantitative estimate of drug-likeness (QED) is 0.530. The second kappa shape index (κ2) is 9.43. The van der Waals surface area contributed by atoms with Crippen molar-refractivity contribution in [2.45, 2.75) is 17.7 Å². The van der Waals surface area contributed by atoms with Crippen molar-refractivity contribution in [2.75, 3.05) is 20.2 Å². The molecule has 1 saturated heterocycles. The first-order chi connectivity index (χ1) is 15.9. The van der Waals surface area contributed by atoms with E-state index in [2.05, 4.69) is 16.0 Å². The molecule has 0 spiro atoms. The smallest absolute Gasteiger partial charge is 0.290 e. The number of nitrogens with zero attached hydrogens (tertiary/aromatic N) is 3. The predicted octanol–water partition coefficient (Wildman–Crippen LogP) is 1.74. The summed E-state index contributed by atoms with van der Waals surface area (Å²) in [6, 6.07) is 14.3. The summed E-state index contributed by atoms with van der Waals surface area (Å²) in [5.74, 6) is -0.472. The molecular formula is C22H23N5O5S. The van der Waals surface area contributed by atoms with E-state index in [4.69, 9.17) is 4.74 Å². The van der Waals surface area contributed by atoms with Crippen molar-refractivity contribution in [3.63, 3.8) is 0 Å². The molecule has 0 bridgehead atoms. The molecule has 1 aliphatic heterocycles. The Hall–Kier alpha value is -3.70. The summed E-state index contributed by atoms with van der Waals surface area (Å²) in [5.41, 5.74) is 5.68. The number of hydrogen-bond acceptors (Lipinski definition) is 6. The van der Waals surface area contributed by atoms with Crippen molar-refractivity contribution in [1.29, 1.82) is 0 Å². The van der Waals surface area contributed by atoms with Crippen LogP contribution in [0.15, 0.2) is 65.7 Å². The van der Waals surface area contributed by atoms with Crippen LogP contribution in [0.3, 0.4) is 0 Å². The molecule has 0 aliphatic carbocycles. The normalized spacial score (nSPS) is 14.1. The standard InChI is InChI=1S/C22H23N5O5S/c1-32-18-8-6-17(7-9-18)27-15-12-20(25-27)22(29)24-23-21(28)16-4-10-19(11-5-16)33(30,31)26-13-2-3-14-26/h4-12,15H,2-3,13-14H2,1H3,(H,23,28)(H,24,29). The molecule has 3 aromatic rings. The Kier molecular flexibility index (Phi) is 6.43. The Morgan fingerprint density at radius 1 is 0.909 bits per heavy atom. The molecule has 0 unspecified atom stereocenters. The third kappa shape index (κ3) is 4.89. The summed E-state index contributed by atoms with van der Waals surface area (Å²) in [5, 5.41) is 4.20. The molecule has 1 fully saturated rings. The van der Waals surface area contributed by atoms with Crippen LogP contribution < -0.4 is 15.6 Å². The highest BCUT2D eigenvalue weighted by Gasteiger charge is 2.27. The van der Waals surface area contributed by atoms with E-state index in [1.54, 1.807) is 37.6 Å². The molecule has 4 rings (SSSR count). The molecule has 0 radical (unpaired) electrons. The van der Waals surface area contributed by atoms with Gasteiger partial charge in [-0.1, -0.05) is 0 Å². The van der Waals surface area contributed by atoms with E-state index in [0.717, 1.165) is 18.5 Å². The van der Waals surface area contributed by atoms with Gasteiger partial charge in [0.1, 0.15) is 5.75 Å². The van der Waals surface area contributed by atoms with E-state index in [-0.39, 0.29) is 16.2 Å². The van der Waals surface area contributed by atoms with Gasteiger partial charge in [0.05, 0.1) is 17.7 Å². The maximum absolute atomic E-state index is 12.6. The first kappa shape index (κ1) is 22.5. The number of benzene rings is 2. The lowest BCUT2D eigenvalue weighted by Gasteiger charge is -2.15. The van der Waals surface area contributed by atoms with Crippen molar-refractivity contribution in [3.05, 3.63) is 72.1 Å². The second-order valence-electron chi connectivity index (χ2n) is 7.39. The highest BCUT2D eigenvalue weighted by Crippen LogP contribution is 2.21. The fourth-order valence-electron chi connectivity index (χ4n) is 3.43. The van der Waals surface area contributed by atoms with Gasteiger partial charge in [-0.2, -0.15) is 9.40 Å². The molecule has 0 saturated carbocycles. The molecule has 172 valence electrons. The van der Waals surface area contributed by atoms with E-state index in [0.29, 0.717) is 18.8 Å². The zero-order valence-electron chi connectivity index (χ0n) is 17.9. The molecule has 0 atom stereocenters. The zero-order chi connectivity index (χ0) is 23.4. The van der Waals surface area contributed by atoms with Gasteiger partial charge < -0.3 is 4.74 Å². The predicted molar refractivity (Wildman–Crippen MR) is 119 cm³/mol. The zero-order valence-corrected chi connectivity index (χ0v) is 18.7. The molecule has 33 heavy (non-hydrogen) atoms. The second-order valence-corrected chi connectivity index (χ2v) is 9.33. The van der Waals surface area contributed by atoms with Crippen molar-refractivity contribution in [1.82, 2.24) is 24.9 Å². The average molecular weight is 470 g/mol. The summed E-state index contributed by atoms with van der Waals surface area (Å²) in [6.07, 6.45) is 3.31. The van der Waals surface area contributed by atoms with Crippen molar-refractivity contribution in [2.24, 2.45) is 0 Å². The maximum atomic E-state index is 12.6. The Morgan fingerprint density at radius 3 is 2.18 bits per heavy atom. The third-order valence-electron chi connectivity index (χ3n) is 5.27. The summed E-state index contributed by atoms with van der Waals surface area (Å²) in [4.78, 5) is 24.8. The number of rotatable bonds is 6. The number of sulfonamides is 1. The number of ether oxygens (including phenoxy) is 1. The molecule has 1 aliphatic rings. The van der Waals surface area contributed by atoms with Gasteiger partial charge in [-0.15, -0.1) is 0 Å². The molecule has 2 aromatic carbocycles. The van der Waals surface area contributed by atoms with Gasteiger partial charge in [0.2, 0.25) is 10.0 Å². The minimum atomic E-state index is -3.55. The van der Waals surface area contributed by atoms with E-state index in [1.807, 2.05) is 0 Å². The van der Waals surface area contributed by atoms with Gasteiger partial charge >= 0.3 is 0 Å². The van der Waals surface area contributed by atoms with Gasteiger partial charge in [0.15, 0.2) is 5.69 Å². The number of carbonyl (C=O) groups is 2. The van der Waals surface area contributed by atoms with Crippen LogP contribution in [0, 0.1) is 0 Å². The number of hydrazine groups is 1. The first-order valence-corrected chi connectivity index (χ1v) is 11.7. The monoisotopic (exact) mass is 469 g/mol. The van der Waals surface area contributed by atoms with Crippen LogP contribution in [0.5, 0.6) is 5.75 Å². The van der Waals surface area contributed by atoms with Gasteiger partial charge in [-0.3, -0.25) is 20.4 Å². The van der Waals surface area contributed by atoms with Gasteiger partial charge in [0, 0.05) is 24.8 Å². The summed E-state index contributed by atoms with van der Waals surface area (Å²) >= 11 is 0. The van der Waals surface area contributed by atoms with Crippen LogP contribution in [-0.4, -0.2) is 54.5 Å². The Morgan fingerprint density at radius 2 is 1.55 bits per heavy atom. The van der Waals surface area contributed by atoms with Crippen molar-refractivity contribution in [3.8, 4) is 11.4 Å². The van der Waals surface area contributed by atoms with Crippen LogP contribution in [0.1, 0.15) is 33.7 Å². The van der Waals surface area contributed by atoms with Gasteiger partial charge in [0.25, 0.3) is 11.8 Å². The van der Waals surface area contributed by atoms with E-state index >= 15 is 0 Å². The molecule has 2 heterocycles. The molecule has 10 nitrogen and oxygen atoms in total. The van der Waals surface area contributed by atoms with Crippen LogP contribution >= 0.6 is 0 Å². The number of hydrogen-bond donors (Lipinski definition) is 2. The van der Waals surface area contributed by atoms with Crippen LogP contribution in [0.25, 0.3) is 5.69 Å². The van der Waals surface area contributed by atoms with Crippen molar-refractivity contribution < 1.29 is 22.7 Å². The molecule has 2 N–H and O–H groups in total. The topological polar surface area (TPSA) is 123 Å². The number of aromatic nitrogens is 2. The molecular weight excluding hydrogens is 446 g/mol. The number of nitrogens with one attached hydrogen (secondary N) is 2. The number of carbonyl (C=O) groups excluding carboxylic acids is 2. The number of methoxy groups -OCH3 is 1. The molecule has 11 heteroatoms. The van der Waals surface area contributed by atoms with E-state index in [1.165, 1.54) is 39.3 Å². The highest BCUT2D eigenvalue weighted by molar-refractivity contribution is 7.89. The fraction of sp³-hybridized carbons (Fsp3) is 0.227. The molecule has 2 amide bonds. The van der Waals surface area contributed by atoms with Crippen molar-refractivity contribution >= 4 is 21.8 Å². The van der Waals surface area contributed by atoms with Gasteiger partial charge in [-0.25, -0.2) is 13.1 Å². The minimum Gasteiger partial charge on any atom is -0.497 e. The molecule has 1 aromatic heterocycles. The van der Waals surface area contributed by atoms with Gasteiger partial charge in [-0.05, 0) is 67.4 Å². The summed E-state index contributed by atoms with van der Waals surface area (Å²) < 4.78 is 33.2. The van der Waals surface area contributed by atoms with Crippen LogP contribution in [-0.2, 0) is 10.0 Å². The van der Waals surface area contributed by atoms with Crippen LogP contribution in [0.2, 0.25) is 0 Å². The highest BCUT2D eigenvalue weighted by atomic mass is 32.2. The lowest BCUT2D eigenvalue weighted by atomic mass is 10.2. The third-order valence-corrected chi connectivity index (χ3v) is 7.18. The Labute approximate surface area is 191 Å². The number of amides is 2.